The van der Waals surface area contributed by atoms with Crippen molar-refractivity contribution < 1.29 is 4.21 Å². The Bertz CT molecular complexity index is 530. The summed E-state index contributed by atoms with van der Waals surface area (Å²) in [6, 6.07) is 0. The smallest absolute Gasteiger partial charge is 0.167 e. The molecule has 1 heterocycles. The molecule has 1 aromatic rings. The van der Waals surface area contributed by atoms with Crippen LogP contribution in [0.1, 0.15) is 19.8 Å². The lowest BCUT2D eigenvalue weighted by Crippen LogP contribution is -2.33. The van der Waals surface area contributed by atoms with Crippen LogP contribution in [0.4, 0.5) is 5.82 Å². The predicted molar refractivity (Wildman–Crippen MR) is 62.9 cm³/mol. The molecule has 1 aliphatic rings. The fourth-order valence-corrected chi connectivity index (χ4v) is 2.43. The molecular formula is C10H15N3OS. The predicted octanol–water partition coefficient (Wildman–Crippen LogP) is -0.130. The van der Waals surface area contributed by atoms with Gasteiger partial charge >= 0.3 is 0 Å². The van der Waals surface area contributed by atoms with Crippen LogP contribution in [-0.2, 0) is 18.0 Å². The van der Waals surface area contributed by atoms with Crippen LogP contribution in [0.3, 0.4) is 0 Å². The van der Waals surface area contributed by atoms with Crippen LogP contribution in [0, 0.1) is 0 Å². The first-order valence-corrected chi connectivity index (χ1v) is 6.48. The molecule has 5 heteroatoms. The Labute approximate surface area is 91.3 Å². The molecule has 0 amide bonds. The first kappa shape index (κ1) is 10.4. The van der Waals surface area contributed by atoms with Crippen LogP contribution >= 0.6 is 0 Å². The van der Waals surface area contributed by atoms with E-state index >= 15 is 0 Å². The van der Waals surface area contributed by atoms with Gasteiger partial charge in [0.15, 0.2) is 5.82 Å². The molecule has 4 nitrogen and oxygen atoms in total. The highest BCUT2D eigenvalue weighted by atomic mass is 32.2. The first-order valence-electron chi connectivity index (χ1n) is 4.92. The second-order valence-electron chi connectivity index (χ2n) is 3.81. The highest BCUT2D eigenvalue weighted by Crippen LogP contribution is 2.07. The van der Waals surface area contributed by atoms with Crippen molar-refractivity contribution in [2.24, 2.45) is 7.05 Å². The molecule has 0 radical (unpaired) electrons. The van der Waals surface area contributed by atoms with Crippen LogP contribution in [0.15, 0.2) is 0 Å². The van der Waals surface area contributed by atoms with Gasteiger partial charge in [0.25, 0.3) is 0 Å². The number of hydrogen-bond acceptors (Lipinski definition) is 2. The molecule has 0 saturated carbocycles. The Morgan fingerprint density at radius 2 is 2.33 bits per heavy atom. The maximum absolute atomic E-state index is 11.1. The van der Waals surface area contributed by atoms with Crippen LogP contribution in [-0.4, -0.2) is 20.2 Å². The maximum Gasteiger partial charge on any atom is 0.167 e. The Hall–Kier alpha value is -1.10. The standard InChI is InChI=1S/C10H15N3OS/c1-7-5-4-6-8-9(7)13(2)11-10(8)12-15(3)14/h6H,4-5H2,1-3H3,(H,11,12). The summed E-state index contributed by atoms with van der Waals surface area (Å²) in [6.07, 6.45) is 5.89. The fourth-order valence-electron chi connectivity index (χ4n) is 2.00. The Morgan fingerprint density at radius 3 is 3.00 bits per heavy atom. The van der Waals surface area contributed by atoms with Gasteiger partial charge in [-0.25, -0.2) is 4.21 Å². The zero-order valence-corrected chi connectivity index (χ0v) is 10.0. The summed E-state index contributed by atoms with van der Waals surface area (Å²) >= 11 is 0. The van der Waals surface area contributed by atoms with E-state index in [-0.39, 0.29) is 0 Å². The van der Waals surface area contributed by atoms with Gasteiger partial charge in [-0.05, 0) is 25.3 Å². The van der Waals surface area contributed by atoms with E-state index in [2.05, 4.69) is 22.8 Å². The molecule has 0 bridgehead atoms. The van der Waals surface area contributed by atoms with Gasteiger partial charge in [0.1, 0.15) is 11.0 Å². The average Bonchev–Trinajstić information content (AvgIpc) is 2.44. The average molecular weight is 225 g/mol. The number of fused-ring (bicyclic) bond motifs is 1. The van der Waals surface area contributed by atoms with Crippen molar-refractivity contribution in [3.8, 4) is 0 Å². The van der Waals surface area contributed by atoms with Crippen molar-refractivity contribution in [3.63, 3.8) is 0 Å². The minimum atomic E-state index is -1.07. The van der Waals surface area contributed by atoms with Gasteiger partial charge in [-0.15, -0.1) is 0 Å². The van der Waals surface area contributed by atoms with Crippen LogP contribution in [0.2, 0.25) is 0 Å². The van der Waals surface area contributed by atoms with Crippen LogP contribution in [0.25, 0.3) is 11.6 Å². The third-order valence-corrected chi connectivity index (χ3v) is 3.08. The number of nitrogens with one attached hydrogen (secondary N) is 1. The summed E-state index contributed by atoms with van der Waals surface area (Å²) in [4.78, 5) is 0. The highest BCUT2D eigenvalue weighted by molar-refractivity contribution is 7.85. The van der Waals surface area contributed by atoms with E-state index in [0.717, 1.165) is 29.2 Å². The summed E-state index contributed by atoms with van der Waals surface area (Å²) in [5.41, 5.74) is 1.34. The molecule has 2 rings (SSSR count). The Balaban J connectivity index is 2.68. The molecular weight excluding hydrogens is 210 g/mol. The molecule has 1 N–H and O–H groups in total. The minimum Gasteiger partial charge on any atom is -0.288 e. The third-order valence-electron chi connectivity index (χ3n) is 2.60. The van der Waals surface area contributed by atoms with Gasteiger partial charge in [-0.2, -0.15) is 5.10 Å². The number of rotatable bonds is 2. The zero-order chi connectivity index (χ0) is 11.0. The van der Waals surface area contributed by atoms with Crippen molar-refractivity contribution in [2.75, 3.05) is 11.0 Å². The van der Waals surface area contributed by atoms with Gasteiger partial charge in [-0.3, -0.25) is 9.40 Å². The van der Waals surface area contributed by atoms with Crippen LogP contribution in [0.5, 0.6) is 0 Å². The zero-order valence-electron chi connectivity index (χ0n) is 9.20. The monoisotopic (exact) mass is 225 g/mol. The Morgan fingerprint density at radius 1 is 1.60 bits per heavy atom. The number of hydrogen-bond donors (Lipinski definition) is 1. The van der Waals surface area contributed by atoms with E-state index < -0.39 is 11.0 Å². The normalized spacial score (nSPS) is 16.9. The summed E-state index contributed by atoms with van der Waals surface area (Å²) in [7, 11) is 0.854. The van der Waals surface area contributed by atoms with E-state index in [1.165, 1.54) is 5.57 Å². The molecule has 15 heavy (non-hydrogen) atoms. The van der Waals surface area contributed by atoms with Crippen molar-refractivity contribution in [3.05, 3.63) is 10.6 Å². The van der Waals surface area contributed by atoms with Crippen molar-refractivity contribution in [1.82, 2.24) is 9.78 Å². The van der Waals surface area contributed by atoms with Gasteiger partial charge in [0.2, 0.25) is 0 Å². The minimum absolute atomic E-state index is 0.729. The molecule has 1 aromatic heterocycles. The van der Waals surface area contributed by atoms with Gasteiger partial charge in [0, 0.05) is 18.5 Å². The number of nitrogens with zero attached hydrogens (tertiary/aromatic N) is 2. The van der Waals surface area contributed by atoms with E-state index in [0.29, 0.717) is 0 Å². The fraction of sp³-hybridized carbons (Fsp3) is 0.500. The van der Waals surface area contributed by atoms with E-state index in [1.54, 1.807) is 6.26 Å². The summed E-state index contributed by atoms with van der Waals surface area (Å²) in [6.45, 7) is 2.13. The lowest BCUT2D eigenvalue weighted by atomic mass is 10.1. The molecule has 1 unspecified atom stereocenters. The number of aromatic nitrogens is 2. The number of anilines is 1. The van der Waals surface area contributed by atoms with Crippen molar-refractivity contribution in [1.29, 1.82) is 0 Å². The van der Waals surface area contributed by atoms with E-state index in [9.17, 15) is 4.21 Å². The maximum atomic E-state index is 11.1. The topological polar surface area (TPSA) is 46.9 Å². The largest absolute Gasteiger partial charge is 0.288 e. The van der Waals surface area contributed by atoms with Crippen LogP contribution < -0.4 is 15.3 Å². The molecule has 0 aliphatic heterocycles. The summed E-state index contributed by atoms with van der Waals surface area (Å²) in [5.74, 6) is 0.729. The van der Waals surface area contributed by atoms with Crippen molar-refractivity contribution >= 4 is 28.5 Å². The molecule has 0 spiro atoms. The summed E-state index contributed by atoms with van der Waals surface area (Å²) < 4.78 is 15.8. The molecule has 0 saturated heterocycles. The highest BCUT2D eigenvalue weighted by Gasteiger charge is 2.10. The van der Waals surface area contributed by atoms with Gasteiger partial charge in [-0.1, -0.05) is 6.08 Å². The molecule has 1 aliphatic carbocycles. The quantitative estimate of drug-likeness (QED) is 0.762. The number of aryl methyl sites for hydroxylation is 1. The molecule has 0 aromatic carbocycles. The van der Waals surface area contributed by atoms with Gasteiger partial charge in [0.05, 0.1) is 5.35 Å². The lowest BCUT2D eigenvalue weighted by molar-refractivity contribution is 0.689. The molecule has 1 atom stereocenters. The first-order chi connectivity index (χ1) is 7.09. The van der Waals surface area contributed by atoms with E-state index in [1.807, 2.05) is 11.7 Å². The Kier molecular flexibility index (Phi) is 2.65. The van der Waals surface area contributed by atoms with E-state index in [4.69, 9.17) is 0 Å². The van der Waals surface area contributed by atoms with Crippen molar-refractivity contribution in [2.45, 2.75) is 19.8 Å². The summed E-state index contributed by atoms with van der Waals surface area (Å²) in [5, 5.41) is 6.60. The lowest BCUT2D eigenvalue weighted by Gasteiger charge is -2.03. The second-order valence-corrected chi connectivity index (χ2v) is 4.93. The van der Waals surface area contributed by atoms with Gasteiger partial charge < -0.3 is 0 Å². The third kappa shape index (κ3) is 1.84. The molecule has 82 valence electrons. The SMILES string of the molecule is CC1=c2c(c(NS(C)=O)nn2C)=CCC1. The second kappa shape index (κ2) is 3.81. The molecule has 0 fully saturated rings.